The summed E-state index contributed by atoms with van der Waals surface area (Å²) in [4.78, 5) is 13.1. The summed E-state index contributed by atoms with van der Waals surface area (Å²) in [7, 11) is 0. The molecule has 0 aliphatic carbocycles. The number of thioether (sulfide) groups is 1. The highest BCUT2D eigenvalue weighted by Crippen LogP contribution is 2.24. The van der Waals surface area contributed by atoms with Gasteiger partial charge in [0.2, 0.25) is 0 Å². The average Bonchev–Trinajstić information content (AvgIpc) is 2.41. The predicted molar refractivity (Wildman–Crippen MR) is 82.1 cm³/mol. The van der Waals surface area contributed by atoms with E-state index in [0.717, 1.165) is 16.1 Å². The highest BCUT2D eigenvalue weighted by atomic mass is 35.5. The molecule has 1 amide bonds. The van der Waals surface area contributed by atoms with Crippen molar-refractivity contribution in [2.75, 3.05) is 11.6 Å². The van der Waals surface area contributed by atoms with E-state index in [2.05, 4.69) is 12.2 Å². The number of rotatable bonds is 3. The van der Waals surface area contributed by atoms with Crippen LogP contribution in [0.2, 0.25) is 5.02 Å². The molecule has 2 aromatic rings. The molecule has 0 saturated carbocycles. The zero-order chi connectivity index (χ0) is 13.8. The molecule has 0 spiro atoms. The number of hydrogen-bond donors (Lipinski definition) is 1. The monoisotopic (exact) mass is 290 g/mol. The summed E-state index contributed by atoms with van der Waals surface area (Å²) in [6, 6.07) is 12.4. The van der Waals surface area contributed by atoms with Crippen LogP contribution in [0.15, 0.2) is 47.4 Å². The van der Waals surface area contributed by atoms with Crippen molar-refractivity contribution in [1.82, 2.24) is 0 Å². The van der Waals surface area contributed by atoms with Crippen LogP contribution in [-0.2, 0) is 0 Å². The van der Waals surface area contributed by atoms with Gasteiger partial charge in [-0.1, -0.05) is 17.7 Å². The quantitative estimate of drug-likeness (QED) is 0.844. The van der Waals surface area contributed by atoms with Crippen LogP contribution < -0.4 is 5.32 Å². The Bertz CT molecular complexity index is 596. The second kappa shape index (κ2) is 6.13. The van der Waals surface area contributed by atoms with Gasteiger partial charge in [-0.15, -0.1) is 11.8 Å². The van der Waals surface area contributed by atoms with Crippen LogP contribution in [0, 0.1) is 6.92 Å². The third-order valence-electron chi connectivity index (χ3n) is 2.65. The third kappa shape index (κ3) is 3.52. The summed E-state index contributed by atoms with van der Waals surface area (Å²) in [5.74, 6) is -0.152. The number of halogens is 1. The van der Waals surface area contributed by atoms with Crippen LogP contribution in [0.1, 0.15) is 15.9 Å². The van der Waals surface area contributed by atoms with Gasteiger partial charge in [-0.3, -0.25) is 4.79 Å². The van der Waals surface area contributed by atoms with Gasteiger partial charge < -0.3 is 5.32 Å². The molecule has 2 nitrogen and oxygen atoms in total. The number of carbonyl (C=O) groups is 1. The molecule has 0 aliphatic rings. The Morgan fingerprint density at radius 1 is 1.21 bits per heavy atom. The van der Waals surface area contributed by atoms with E-state index in [4.69, 9.17) is 11.6 Å². The SMILES string of the molecule is [CH2]c1ccc(NC(=O)c2ccc(Cl)cc2)cc1SC. The average molecular weight is 291 g/mol. The summed E-state index contributed by atoms with van der Waals surface area (Å²) < 4.78 is 0. The van der Waals surface area contributed by atoms with E-state index in [9.17, 15) is 4.79 Å². The largest absolute Gasteiger partial charge is 0.322 e. The van der Waals surface area contributed by atoms with Gasteiger partial charge in [-0.05, 0) is 55.1 Å². The van der Waals surface area contributed by atoms with Crippen molar-refractivity contribution < 1.29 is 4.79 Å². The second-order valence-corrected chi connectivity index (χ2v) is 5.27. The van der Waals surface area contributed by atoms with Crippen molar-refractivity contribution in [3.8, 4) is 0 Å². The zero-order valence-electron chi connectivity index (χ0n) is 10.4. The second-order valence-electron chi connectivity index (χ2n) is 3.99. The first-order valence-electron chi connectivity index (χ1n) is 5.67. The molecule has 0 aromatic heterocycles. The van der Waals surface area contributed by atoms with Crippen molar-refractivity contribution in [3.63, 3.8) is 0 Å². The first kappa shape index (κ1) is 14.0. The fourth-order valence-electron chi connectivity index (χ4n) is 1.63. The van der Waals surface area contributed by atoms with E-state index >= 15 is 0 Å². The molecule has 2 aromatic carbocycles. The van der Waals surface area contributed by atoms with Crippen molar-refractivity contribution in [2.24, 2.45) is 0 Å². The fourth-order valence-corrected chi connectivity index (χ4v) is 2.33. The first-order valence-corrected chi connectivity index (χ1v) is 7.27. The van der Waals surface area contributed by atoms with E-state index in [1.165, 1.54) is 0 Å². The fraction of sp³-hybridized carbons (Fsp3) is 0.0667. The van der Waals surface area contributed by atoms with Crippen LogP contribution in [0.5, 0.6) is 0 Å². The van der Waals surface area contributed by atoms with E-state index in [1.807, 2.05) is 24.5 Å². The van der Waals surface area contributed by atoms with Gasteiger partial charge in [0, 0.05) is 21.2 Å². The number of amides is 1. The zero-order valence-corrected chi connectivity index (χ0v) is 12.0. The number of carbonyl (C=O) groups excluding carboxylic acids is 1. The lowest BCUT2D eigenvalue weighted by molar-refractivity contribution is 0.102. The summed E-state index contributed by atoms with van der Waals surface area (Å²) >= 11 is 7.40. The molecule has 97 valence electrons. The summed E-state index contributed by atoms with van der Waals surface area (Å²) in [6.07, 6.45) is 1.98. The lowest BCUT2D eigenvalue weighted by Crippen LogP contribution is -2.11. The standard InChI is InChI=1S/C15H13ClNOS/c1-10-3-8-13(9-14(10)19-2)17-15(18)11-4-6-12(16)7-5-11/h3-9H,1H2,2H3,(H,17,18). The molecule has 0 atom stereocenters. The predicted octanol–water partition coefficient (Wildman–Crippen LogP) is 4.50. The van der Waals surface area contributed by atoms with E-state index < -0.39 is 0 Å². The normalized spacial score (nSPS) is 10.3. The topological polar surface area (TPSA) is 29.1 Å². The molecule has 1 radical (unpaired) electrons. The number of anilines is 1. The van der Waals surface area contributed by atoms with Crippen molar-refractivity contribution >= 4 is 35.0 Å². The van der Waals surface area contributed by atoms with Gasteiger partial charge >= 0.3 is 0 Å². The maximum atomic E-state index is 12.0. The number of benzene rings is 2. The molecule has 0 saturated heterocycles. The molecule has 0 unspecified atom stereocenters. The van der Waals surface area contributed by atoms with Crippen LogP contribution in [0.4, 0.5) is 5.69 Å². The van der Waals surface area contributed by atoms with Crippen molar-refractivity contribution in [3.05, 3.63) is 65.5 Å². The van der Waals surface area contributed by atoms with Crippen LogP contribution in [0.25, 0.3) is 0 Å². The van der Waals surface area contributed by atoms with Crippen molar-refractivity contribution in [1.29, 1.82) is 0 Å². The van der Waals surface area contributed by atoms with Crippen LogP contribution in [0.3, 0.4) is 0 Å². The Balaban J connectivity index is 2.17. The summed E-state index contributed by atoms with van der Waals surface area (Å²) in [5, 5.41) is 3.47. The Morgan fingerprint density at radius 2 is 1.89 bits per heavy atom. The smallest absolute Gasteiger partial charge is 0.255 e. The Hall–Kier alpha value is -1.45. The maximum absolute atomic E-state index is 12.0. The summed E-state index contributed by atoms with van der Waals surface area (Å²) in [6.45, 7) is 3.93. The molecule has 2 rings (SSSR count). The van der Waals surface area contributed by atoms with Gasteiger partial charge in [0.1, 0.15) is 0 Å². The maximum Gasteiger partial charge on any atom is 0.255 e. The molecule has 4 heteroatoms. The van der Waals surface area contributed by atoms with Gasteiger partial charge in [0.25, 0.3) is 5.91 Å². The molecular weight excluding hydrogens is 278 g/mol. The Labute approximate surface area is 122 Å². The van der Waals surface area contributed by atoms with Gasteiger partial charge in [-0.2, -0.15) is 0 Å². The lowest BCUT2D eigenvalue weighted by Gasteiger charge is -2.08. The summed E-state index contributed by atoms with van der Waals surface area (Å²) in [5.41, 5.74) is 2.29. The number of hydrogen-bond acceptors (Lipinski definition) is 2. The molecule has 1 N–H and O–H groups in total. The minimum absolute atomic E-state index is 0.152. The lowest BCUT2D eigenvalue weighted by atomic mass is 10.2. The van der Waals surface area contributed by atoms with E-state index in [-0.39, 0.29) is 5.91 Å². The van der Waals surface area contributed by atoms with Crippen LogP contribution in [-0.4, -0.2) is 12.2 Å². The first-order chi connectivity index (χ1) is 9.10. The van der Waals surface area contributed by atoms with Gasteiger partial charge in [0.05, 0.1) is 0 Å². The Kier molecular flexibility index (Phi) is 4.51. The van der Waals surface area contributed by atoms with E-state index in [0.29, 0.717) is 10.6 Å². The van der Waals surface area contributed by atoms with E-state index in [1.54, 1.807) is 36.0 Å². The van der Waals surface area contributed by atoms with Crippen LogP contribution >= 0.6 is 23.4 Å². The Morgan fingerprint density at radius 3 is 2.53 bits per heavy atom. The number of nitrogens with one attached hydrogen (secondary N) is 1. The molecule has 0 bridgehead atoms. The highest BCUT2D eigenvalue weighted by Gasteiger charge is 2.07. The third-order valence-corrected chi connectivity index (χ3v) is 3.72. The highest BCUT2D eigenvalue weighted by molar-refractivity contribution is 7.98. The van der Waals surface area contributed by atoms with Gasteiger partial charge in [0.15, 0.2) is 0 Å². The molecule has 0 heterocycles. The molecule has 0 aliphatic heterocycles. The molecule has 0 fully saturated rings. The minimum Gasteiger partial charge on any atom is -0.322 e. The minimum atomic E-state index is -0.152. The van der Waals surface area contributed by atoms with Gasteiger partial charge in [-0.25, -0.2) is 0 Å². The molecule has 19 heavy (non-hydrogen) atoms. The molecular formula is C15H13ClNOS. The van der Waals surface area contributed by atoms with Crippen molar-refractivity contribution in [2.45, 2.75) is 4.90 Å².